The quantitative estimate of drug-likeness (QED) is 0.846. The number of aliphatic hydroxyl groups excluding tert-OH is 1. The predicted octanol–water partition coefficient (Wildman–Crippen LogP) is 1.20. The summed E-state index contributed by atoms with van der Waals surface area (Å²) in [6.45, 7) is 0.243. The largest absolute Gasteiger partial charge is 0.493 e. The molecule has 0 aliphatic carbocycles. The third-order valence-electron chi connectivity index (χ3n) is 2.24. The van der Waals surface area contributed by atoms with Gasteiger partial charge >= 0.3 is 0 Å². The second kappa shape index (κ2) is 5.65. The minimum Gasteiger partial charge on any atom is -0.493 e. The minimum atomic E-state index is -0.0381. The lowest BCUT2D eigenvalue weighted by Gasteiger charge is -2.10. The number of methoxy groups -OCH3 is 1. The number of nitrogens with two attached hydrogens (primary N) is 1. The van der Waals surface area contributed by atoms with Crippen LogP contribution in [0.5, 0.6) is 11.5 Å². The van der Waals surface area contributed by atoms with Crippen molar-refractivity contribution in [1.82, 2.24) is 10.2 Å². The second-order valence-electron chi connectivity index (χ2n) is 3.47. The van der Waals surface area contributed by atoms with E-state index in [1.165, 1.54) is 11.3 Å². The first kappa shape index (κ1) is 12.6. The van der Waals surface area contributed by atoms with Crippen LogP contribution in [0.3, 0.4) is 0 Å². The molecule has 18 heavy (non-hydrogen) atoms. The number of rotatable bonds is 5. The Morgan fingerprint density at radius 1 is 1.33 bits per heavy atom. The molecular weight excluding hydrogens is 254 g/mol. The molecule has 0 saturated heterocycles. The molecule has 0 bridgehead atoms. The summed E-state index contributed by atoms with van der Waals surface area (Å²) in [5, 5.41) is 17.7. The van der Waals surface area contributed by atoms with E-state index < -0.39 is 0 Å². The van der Waals surface area contributed by atoms with E-state index in [1.54, 1.807) is 25.3 Å². The number of aromatic nitrogens is 2. The SMILES string of the molecule is COc1cc(CO)ccc1OCc1nnc(N)s1. The standard InChI is InChI=1S/C11H13N3O3S/c1-16-9-4-7(5-15)2-3-8(9)17-6-10-13-14-11(12)18-10/h2-4,15H,5-6H2,1H3,(H2,12,14). The fraction of sp³-hybridized carbons (Fsp3) is 0.273. The molecule has 0 amide bonds. The lowest BCUT2D eigenvalue weighted by Crippen LogP contribution is -1.98. The van der Waals surface area contributed by atoms with E-state index in [2.05, 4.69) is 10.2 Å². The van der Waals surface area contributed by atoms with E-state index in [0.717, 1.165) is 5.56 Å². The van der Waals surface area contributed by atoms with Crippen LogP contribution in [-0.4, -0.2) is 22.4 Å². The molecule has 0 atom stereocenters. The van der Waals surface area contributed by atoms with E-state index >= 15 is 0 Å². The summed E-state index contributed by atoms with van der Waals surface area (Å²) < 4.78 is 10.8. The number of benzene rings is 1. The Labute approximate surface area is 108 Å². The smallest absolute Gasteiger partial charge is 0.203 e. The van der Waals surface area contributed by atoms with Gasteiger partial charge in [-0.3, -0.25) is 0 Å². The monoisotopic (exact) mass is 267 g/mol. The first-order valence-electron chi connectivity index (χ1n) is 5.21. The Balaban J connectivity index is 2.08. The maximum atomic E-state index is 9.03. The third-order valence-corrected chi connectivity index (χ3v) is 2.97. The average molecular weight is 267 g/mol. The van der Waals surface area contributed by atoms with Crippen LogP contribution >= 0.6 is 11.3 Å². The lowest BCUT2D eigenvalue weighted by molar-refractivity contribution is 0.273. The van der Waals surface area contributed by atoms with E-state index in [4.69, 9.17) is 20.3 Å². The van der Waals surface area contributed by atoms with Crippen molar-refractivity contribution in [3.05, 3.63) is 28.8 Å². The Morgan fingerprint density at radius 3 is 2.78 bits per heavy atom. The predicted molar refractivity (Wildman–Crippen MR) is 67.6 cm³/mol. The lowest BCUT2D eigenvalue weighted by atomic mass is 10.2. The minimum absolute atomic E-state index is 0.0381. The molecular formula is C11H13N3O3S. The molecule has 0 aliphatic rings. The van der Waals surface area contributed by atoms with Gasteiger partial charge in [0.15, 0.2) is 16.5 Å². The highest BCUT2D eigenvalue weighted by Gasteiger charge is 2.07. The number of nitrogens with zero attached hydrogens (tertiary/aromatic N) is 2. The van der Waals surface area contributed by atoms with Gasteiger partial charge in [0.05, 0.1) is 13.7 Å². The fourth-order valence-corrected chi connectivity index (χ4v) is 1.92. The highest BCUT2D eigenvalue weighted by atomic mass is 32.1. The normalized spacial score (nSPS) is 10.3. The number of hydrogen-bond donors (Lipinski definition) is 2. The number of aliphatic hydroxyl groups is 1. The van der Waals surface area contributed by atoms with Gasteiger partial charge in [-0.2, -0.15) is 0 Å². The number of hydrogen-bond acceptors (Lipinski definition) is 7. The zero-order chi connectivity index (χ0) is 13.0. The molecule has 0 aliphatic heterocycles. The molecule has 1 aromatic carbocycles. The highest BCUT2D eigenvalue weighted by molar-refractivity contribution is 7.15. The third kappa shape index (κ3) is 2.88. The maximum Gasteiger partial charge on any atom is 0.203 e. The molecule has 96 valence electrons. The van der Waals surface area contributed by atoms with Crippen molar-refractivity contribution in [2.24, 2.45) is 0 Å². The Kier molecular flexibility index (Phi) is 3.96. The molecule has 0 fully saturated rings. The number of anilines is 1. The van der Waals surface area contributed by atoms with Crippen LogP contribution < -0.4 is 15.2 Å². The van der Waals surface area contributed by atoms with Crippen molar-refractivity contribution in [2.45, 2.75) is 13.2 Å². The topological polar surface area (TPSA) is 90.5 Å². The zero-order valence-corrected chi connectivity index (χ0v) is 10.6. The van der Waals surface area contributed by atoms with E-state index in [1.807, 2.05) is 0 Å². The summed E-state index contributed by atoms with van der Waals surface area (Å²) in [6.07, 6.45) is 0. The van der Waals surface area contributed by atoms with Crippen molar-refractivity contribution in [2.75, 3.05) is 12.8 Å². The van der Waals surface area contributed by atoms with Crippen LogP contribution in [0.4, 0.5) is 5.13 Å². The van der Waals surface area contributed by atoms with Crippen molar-refractivity contribution in [1.29, 1.82) is 0 Å². The van der Waals surface area contributed by atoms with Gasteiger partial charge < -0.3 is 20.3 Å². The van der Waals surface area contributed by atoms with Crippen LogP contribution in [0, 0.1) is 0 Å². The molecule has 2 aromatic rings. The Morgan fingerprint density at radius 2 is 2.17 bits per heavy atom. The van der Waals surface area contributed by atoms with Crippen LogP contribution in [0.1, 0.15) is 10.6 Å². The summed E-state index contributed by atoms with van der Waals surface area (Å²) in [4.78, 5) is 0. The zero-order valence-electron chi connectivity index (χ0n) is 9.79. The van der Waals surface area contributed by atoms with Crippen molar-refractivity contribution >= 4 is 16.5 Å². The first-order valence-corrected chi connectivity index (χ1v) is 6.03. The van der Waals surface area contributed by atoms with E-state index in [0.29, 0.717) is 21.6 Å². The maximum absolute atomic E-state index is 9.03. The summed E-state index contributed by atoms with van der Waals surface area (Å²) in [6, 6.07) is 5.24. The van der Waals surface area contributed by atoms with Gasteiger partial charge in [0.2, 0.25) is 5.13 Å². The van der Waals surface area contributed by atoms with Crippen LogP contribution in [0.2, 0.25) is 0 Å². The van der Waals surface area contributed by atoms with Gasteiger partial charge in [-0.05, 0) is 17.7 Å². The summed E-state index contributed by atoms with van der Waals surface area (Å²) in [7, 11) is 1.55. The average Bonchev–Trinajstić information content (AvgIpc) is 2.82. The Hall–Kier alpha value is -1.86. The molecule has 3 N–H and O–H groups in total. The fourth-order valence-electron chi connectivity index (χ4n) is 1.39. The number of nitrogen functional groups attached to an aromatic ring is 1. The summed E-state index contributed by atoms with van der Waals surface area (Å²) in [5.41, 5.74) is 6.24. The van der Waals surface area contributed by atoms with Gasteiger partial charge in [-0.25, -0.2) is 0 Å². The second-order valence-corrected chi connectivity index (χ2v) is 4.56. The van der Waals surface area contributed by atoms with Crippen molar-refractivity contribution < 1.29 is 14.6 Å². The van der Waals surface area contributed by atoms with Gasteiger partial charge in [0.25, 0.3) is 0 Å². The molecule has 6 nitrogen and oxygen atoms in total. The van der Waals surface area contributed by atoms with E-state index in [-0.39, 0.29) is 13.2 Å². The van der Waals surface area contributed by atoms with Crippen molar-refractivity contribution in [3.8, 4) is 11.5 Å². The molecule has 0 spiro atoms. The van der Waals surface area contributed by atoms with Crippen LogP contribution in [-0.2, 0) is 13.2 Å². The van der Waals surface area contributed by atoms with Gasteiger partial charge in [0.1, 0.15) is 6.61 Å². The molecule has 0 saturated carbocycles. The molecule has 0 unspecified atom stereocenters. The van der Waals surface area contributed by atoms with Gasteiger partial charge in [0, 0.05) is 0 Å². The first-order chi connectivity index (χ1) is 8.72. The van der Waals surface area contributed by atoms with Gasteiger partial charge in [-0.1, -0.05) is 17.4 Å². The highest BCUT2D eigenvalue weighted by Crippen LogP contribution is 2.29. The molecule has 2 rings (SSSR count). The Bertz CT molecular complexity index is 530. The van der Waals surface area contributed by atoms with Gasteiger partial charge in [-0.15, -0.1) is 10.2 Å². The van der Waals surface area contributed by atoms with Crippen LogP contribution in [0.15, 0.2) is 18.2 Å². The molecule has 1 heterocycles. The molecule has 7 heteroatoms. The summed E-state index contributed by atoms with van der Waals surface area (Å²) >= 11 is 1.28. The van der Waals surface area contributed by atoms with Crippen molar-refractivity contribution in [3.63, 3.8) is 0 Å². The number of ether oxygens (including phenoxy) is 2. The van der Waals surface area contributed by atoms with E-state index in [9.17, 15) is 0 Å². The molecule has 1 aromatic heterocycles. The molecule has 0 radical (unpaired) electrons. The van der Waals surface area contributed by atoms with Crippen LogP contribution in [0.25, 0.3) is 0 Å². The summed E-state index contributed by atoms with van der Waals surface area (Å²) in [5.74, 6) is 1.16.